The lowest BCUT2D eigenvalue weighted by molar-refractivity contribution is 0.0730. The van der Waals surface area contributed by atoms with Gasteiger partial charge in [-0.25, -0.2) is 13.8 Å². The van der Waals surface area contributed by atoms with Crippen molar-refractivity contribution in [2.75, 3.05) is 33.4 Å². The molecular weight excluding hydrogens is 394 g/mol. The van der Waals surface area contributed by atoms with Gasteiger partial charge >= 0.3 is 0 Å². The standard InChI is InChI=1S/C20H23N3O5S/c1-15(16-6-8-18(27-2)9-7-16)21-22-20(24)17-4-3-5-19(14-17)29(25,26)23-10-12-28-13-11-23/h3-9,14H,10-13H2,1-2H3,(H,22,24)/b21-15-. The van der Waals surface area contributed by atoms with E-state index in [1.807, 2.05) is 12.1 Å². The normalized spacial score (nSPS) is 15.7. The molecule has 0 bridgehead atoms. The van der Waals surface area contributed by atoms with Crippen molar-refractivity contribution < 1.29 is 22.7 Å². The van der Waals surface area contributed by atoms with Crippen LogP contribution in [0.15, 0.2) is 58.5 Å². The van der Waals surface area contributed by atoms with Crippen molar-refractivity contribution in [1.29, 1.82) is 0 Å². The zero-order valence-electron chi connectivity index (χ0n) is 16.3. The number of hydrazone groups is 1. The van der Waals surface area contributed by atoms with Gasteiger partial charge in [0.15, 0.2) is 0 Å². The van der Waals surface area contributed by atoms with E-state index in [0.29, 0.717) is 32.0 Å². The molecule has 1 aliphatic heterocycles. The fourth-order valence-electron chi connectivity index (χ4n) is 2.83. The molecule has 3 rings (SSSR count). The van der Waals surface area contributed by atoms with E-state index in [1.54, 1.807) is 38.3 Å². The van der Waals surface area contributed by atoms with Gasteiger partial charge in [0.1, 0.15) is 5.75 Å². The Kier molecular flexibility index (Phi) is 6.63. The highest BCUT2D eigenvalue weighted by atomic mass is 32.2. The molecule has 2 aromatic rings. The molecule has 154 valence electrons. The second-order valence-electron chi connectivity index (χ2n) is 6.41. The van der Waals surface area contributed by atoms with Crippen molar-refractivity contribution in [1.82, 2.24) is 9.73 Å². The Labute approximate surface area is 170 Å². The van der Waals surface area contributed by atoms with E-state index < -0.39 is 15.9 Å². The van der Waals surface area contributed by atoms with Crippen LogP contribution >= 0.6 is 0 Å². The van der Waals surface area contributed by atoms with Gasteiger partial charge in [0, 0.05) is 18.7 Å². The second kappa shape index (κ2) is 9.17. The van der Waals surface area contributed by atoms with Gasteiger partial charge in [0.25, 0.3) is 5.91 Å². The fourth-order valence-corrected chi connectivity index (χ4v) is 4.28. The minimum atomic E-state index is -3.67. The molecule has 1 fully saturated rings. The number of morpholine rings is 1. The number of carbonyl (C=O) groups is 1. The summed E-state index contributed by atoms with van der Waals surface area (Å²) in [5.74, 6) is 0.237. The molecule has 0 radical (unpaired) electrons. The lowest BCUT2D eigenvalue weighted by Gasteiger charge is -2.26. The van der Waals surface area contributed by atoms with Gasteiger partial charge in [-0.1, -0.05) is 6.07 Å². The summed E-state index contributed by atoms with van der Waals surface area (Å²) < 4.78 is 37.2. The molecule has 1 aliphatic rings. The maximum absolute atomic E-state index is 12.8. The average Bonchev–Trinajstić information content (AvgIpc) is 2.78. The number of nitrogens with zero attached hydrogens (tertiary/aromatic N) is 2. The summed E-state index contributed by atoms with van der Waals surface area (Å²) in [4.78, 5) is 12.5. The maximum atomic E-state index is 12.8. The van der Waals surface area contributed by atoms with Crippen molar-refractivity contribution >= 4 is 21.6 Å². The summed E-state index contributed by atoms with van der Waals surface area (Å²) in [6, 6.07) is 13.2. The molecule has 1 amide bonds. The Morgan fingerprint density at radius 2 is 1.79 bits per heavy atom. The lowest BCUT2D eigenvalue weighted by atomic mass is 10.1. The largest absolute Gasteiger partial charge is 0.497 e. The molecule has 8 nitrogen and oxygen atoms in total. The maximum Gasteiger partial charge on any atom is 0.271 e. The molecule has 9 heteroatoms. The Hall–Kier alpha value is -2.75. The lowest BCUT2D eigenvalue weighted by Crippen LogP contribution is -2.40. The number of benzene rings is 2. The zero-order valence-corrected chi connectivity index (χ0v) is 17.1. The number of nitrogens with one attached hydrogen (secondary N) is 1. The number of hydrogen-bond donors (Lipinski definition) is 1. The number of carbonyl (C=O) groups excluding carboxylic acids is 1. The Morgan fingerprint density at radius 3 is 2.45 bits per heavy atom. The summed E-state index contributed by atoms with van der Waals surface area (Å²) in [6.07, 6.45) is 0. The number of rotatable bonds is 6. The quantitative estimate of drug-likeness (QED) is 0.572. The van der Waals surface area contributed by atoms with Crippen LogP contribution in [0.2, 0.25) is 0 Å². The Morgan fingerprint density at radius 1 is 1.10 bits per heavy atom. The molecule has 2 aromatic carbocycles. The molecule has 0 unspecified atom stereocenters. The van der Waals surface area contributed by atoms with Crippen LogP contribution in [0.25, 0.3) is 0 Å². The topological polar surface area (TPSA) is 97.3 Å². The molecule has 1 saturated heterocycles. The second-order valence-corrected chi connectivity index (χ2v) is 8.35. The van der Waals surface area contributed by atoms with Crippen LogP contribution in [0.4, 0.5) is 0 Å². The highest BCUT2D eigenvalue weighted by Gasteiger charge is 2.26. The molecule has 1 heterocycles. The number of ether oxygens (including phenoxy) is 2. The van der Waals surface area contributed by atoms with E-state index in [4.69, 9.17) is 9.47 Å². The van der Waals surface area contributed by atoms with Crippen molar-refractivity contribution in [2.45, 2.75) is 11.8 Å². The van der Waals surface area contributed by atoms with E-state index in [9.17, 15) is 13.2 Å². The summed E-state index contributed by atoms with van der Waals surface area (Å²) in [6.45, 7) is 3.08. The predicted octanol–water partition coefficient (Wildman–Crippen LogP) is 1.87. The Bertz CT molecular complexity index is 997. The van der Waals surface area contributed by atoms with Crippen molar-refractivity contribution in [3.05, 3.63) is 59.7 Å². The van der Waals surface area contributed by atoms with Crippen LogP contribution in [0.1, 0.15) is 22.8 Å². The van der Waals surface area contributed by atoms with Crippen LogP contribution < -0.4 is 10.2 Å². The zero-order chi connectivity index (χ0) is 20.9. The molecule has 0 aromatic heterocycles. The van der Waals surface area contributed by atoms with Gasteiger partial charge in [-0.15, -0.1) is 0 Å². The highest BCUT2D eigenvalue weighted by Crippen LogP contribution is 2.18. The average molecular weight is 417 g/mol. The summed E-state index contributed by atoms with van der Waals surface area (Å²) in [5.41, 5.74) is 4.12. The molecule has 0 aliphatic carbocycles. The van der Waals surface area contributed by atoms with Crippen molar-refractivity contribution in [3.8, 4) is 5.75 Å². The van der Waals surface area contributed by atoms with E-state index in [2.05, 4.69) is 10.5 Å². The van der Waals surface area contributed by atoms with Gasteiger partial charge < -0.3 is 9.47 Å². The smallest absolute Gasteiger partial charge is 0.271 e. The van der Waals surface area contributed by atoms with E-state index in [1.165, 1.54) is 16.4 Å². The first-order valence-electron chi connectivity index (χ1n) is 9.09. The number of hydrogen-bond acceptors (Lipinski definition) is 6. The third-order valence-corrected chi connectivity index (χ3v) is 6.43. The van der Waals surface area contributed by atoms with Gasteiger partial charge in [0.2, 0.25) is 10.0 Å². The van der Waals surface area contributed by atoms with Gasteiger partial charge in [-0.2, -0.15) is 9.41 Å². The summed E-state index contributed by atoms with van der Waals surface area (Å²) in [5, 5.41) is 4.11. The van der Waals surface area contributed by atoms with E-state index in [0.717, 1.165) is 11.3 Å². The predicted molar refractivity (Wildman–Crippen MR) is 109 cm³/mol. The summed E-state index contributed by atoms with van der Waals surface area (Å²) in [7, 11) is -2.09. The minimum Gasteiger partial charge on any atom is -0.497 e. The third kappa shape index (κ3) is 5.00. The van der Waals surface area contributed by atoms with Crippen molar-refractivity contribution in [2.24, 2.45) is 5.10 Å². The van der Waals surface area contributed by atoms with Gasteiger partial charge in [-0.05, 0) is 55.0 Å². The van der Waals surface area contributed by atoms with Gasteiger partial charge in [-0.3, -0.25) is 4.79 Å². The highest BCUT2D eigenvalue weighted by molar-refractivity contribution is 7.89. The number of amides is 1. The summed E-state index contributed by atoms with van der Waals surface area (Å²) >= 11 is 0. The van der Waals surface area contributed by atoms with E-state index >= 15 is 0 Å². The van der Waals surface area contributed by atoms with Crippen LogP contribution in [-0.2, 0) is 14.8 Å². The third-order valence-electron chi connectivity index (χ3n) is 4.54. The Balaban J connectivity index is 1.73. The molecule has 0 spiro atoms. The number of methoxy groups -OCH3 is 1. The SMILES string of the molecule is COc1ccc(/C(C)=N\NC(=O)c2cccc(S(=O)(=O)N3CCOCC3)c2)cc1. The minimum absolute atomic E-state index is 0.0721. The monoisotopic (exact) mass is 417 g/mol. The van der Waals surface area contributed by atoms with E-state index in [-0.39, 0.29) is 10.5 Å². The molecule has 0 saturated carbocycles. The first-order chi connectivity index (χ1) is 13.9. The van der Waals surface area contributed by atoms with Gasteiger partial charge in [0.05, 0.1) is 30.9 Å². The molecular formula is C20H23N3O5S. The first-order valence-corrected chi connectivity index (χ1v) is 10.5. The molecule has 1 N–H and O–H groups in total. The number of sulfonamides is 1. The van der Waals surface area contributed by atoms with Crippen LogP contribution in [-0.4, -0.2) is 57.8 Å². The molecule has 0 atom stereocenters. The fraction of sp³-hybridized carbons (Fsp3) is 0.300. The first kappa shape index (κ1) is 21.0. The molecule has 29 heavy (non-hydrogen) atoms. The van der Waals surface area contributed by atoms with Crippen LogP contribution in [0, 0.1) is 0 Å². The van der Waals surface area contributed by atoms with Crippen molar-refractivity contribution in [3.63, 3.8) is 0 Å². The van der Waals surface area contributed by atoms with Crippen LogP contribution in [0.3, 0.4) is 0 Å². The van der Waals surface area contributed by atoms with Crippen LogP contribution in [0.5, 0.6) is 5.75 Å².